The molecule has 0 fully saturated rings. The first-order chi connectivity index (χ1) is 10.8. The van der Waals surface area contributed by atoms with Gasteiger partial charge in [0.25, 0.3) is 0 Å². The van der Waals surface area contributed by atoms with Crippen LogP contribution >= 0.6 is 11.6 Å². The summed E-state index contributed by atoms with van der Waals surface area (Å²) < 4.78 is 0. The summed E-state index contributed by atoms with van der Waals surface area (Å²) in [6.45, 7) is 4.35. The molecule has 0 aliphatic rings. The zero-order chi connectivity index (χ0) is 15.7. The molecular formula is C18H23ClNO2+. The SMILES string of the molecule is CC[N+](CCCl)(OCc1ccccc1)OCc1ccccc1. The highest BCUT2D eigenvalue weighted by Crippen LogP contribution is 2.16. The predicted octanol–water partition coefficient (Wildman–Crippen LogP) is 4.33. The summed E-state index contributed by atoms with van der Waals surface area (Å²) in [5.74, 6) is 0.484. The Kier molecular flexibility index (Phi) is 6.87. The molecule has 2 aromatic rings. The largest absolute Gasteiger partial charge is 0.163 e. The fourth-order valence-corrected chi connectivity index (χ4v) is 2.43. The summed E-state index contributed by atoms with van der Waals surface area (Å²) in [5, 5.41) is 0. The van der Waals surface area contributed by atoms with Gasteiger partial charge >= 0.3 is 0 Å². The van der Waals surface area contributed by atoms with Crippen molar-refractivity contribution in [3.05, 3.63) is 71.8 Å². The van der Waals surface area contributed by atoms with Crippen molar-refractivity contribution in [1.29, 1.82) is 0 Å². The molecule has 0 amide bonds. The van der Waals surface area contributed by atoms with E-state index < -0.39 is 0 Å². The van der Waals surface area contributed by atoms with Gasteiger partial charge in [-0.2, -0.15) is 9.68 Å². The van der Waals surface area contributed by atoms with Gasteiger partial charge in [0.15, 0.2) is 6.54 Å². The van der Waals surface area contributed by atoms with Crippen LogP contribution in [0.15, 0.2) is 60.7 Å². The summed E-state index contributed by atoms with van der Waals surface area (Å²) in [4.78, 5) is 12.2. The number of alkyl halides is 1. The molecule has 0 radical (unpaired) electrons. The topological polar surface area (TPSA) is 18.5 Å². The molecule has 4 heteroatoms. The van der Waals surface area contributed by atoms with Crippen molar-refractivity contribution in [3.63, 3.8) is 0 Å². The van der Waals surface area contributed by atoms with Gasteiger partial charge in [-0.3, -0.25) is 0 Å². The van der Waals surface area contributed by atoms with Crippen molar-refractivity contribution in [2.24, 2.45) is 0 Å². The molecule has 0 spiro atoms. The average Bonchev–Trinajstić information content (AvgIpc) is 2.59. The highest BCUT2D eigenvalue weighted by Gasteiger charge is 2.30. The maximum absolute atomic E-state index is 6.06. The van der Waals surface area contributed by atoms with Crippen LogP contribution in [0, 0.1) is 0 Å². The van der Waals surface area contributed by atoms with Crippen LogP contribution in [0.4, 0.5) is 0 Å². The first kappa shape index (κ1) is 17.0. The molecule has 118 valence electrons. The van der Waals surface area contributed by atoms with Gasteiger partial charge in [-0.15, -0.1) is 11.6 Å². The van der Waals surface area contributed by atoms with Crippen LogP contribution in [0.1, 0.15) is 18.1 Å². The molecule has 0 saturated heterocycles. The molecule has 0 atom stereocenters. The van der Waals surface area contributed by atoms with Crippen LogP contribution < -0.4 is 0 Å². The highest BCUT2D eigenvalue weighted by atomic mass is 35.5. The lowest BCUT2D eigenvalue weighted by molar-refractivity contribution is -1.25. The summed E-state index contributed by atoms with van der Waals surface area (Å²) in [6, 6.07) is 20.2. The molecule has 2 aromatic carbocycles. The monoisotopic (exact) mass is 320 g/mol. The standard InChI is InChI=1S/C18H23ClNO2/c1-2-20(14-13-19,21-15-17-9-5-3-6-10-17)22-16-18-11-7-4-8-12-18/h3-12H,2,13-16H2,1H3/q+1. The van der Waals surface area contributed by atoms with Gasteiger partial charge in [0, 0.05) is 0 Å². The van der Waals surface area contributed by atoms with E-state index in [0.29, 0.717) is 32.2 Å². The minimum Gasteiger partial charge on any atom is -0.163 e. The fraction of sp³-hybridized carbons (Fsp3) is 0.333. The van der Waals surface area contributed by atoms with E-state index in [1.165, 1.54) is 0 Å². The lowest BCUT2D eigenvalue weighted by Crippen LogP contribution is -2.48. The number of nitrogens with zero attached hydrogens (tertiary/aromatic N) is 1. The third-order valence-corrected chi connectivity index (χ3v) is 3.69. The summed E-state index contributed by atoms with van der Waals surface area (Å²) in [6.07, 6.45) is 0. The number of benzene rings is 2. The lowest BCUT2D eigenvalue weighted by Gasteiger charge is -2.31. The molecule has 2 rings (SSSR count). The van der Waals surface area contributed by atoms with Crippen molar-refractivity contribution >= 4 is 11.6 Å². The number of rotatable bonds is 9. The van der Waals surface area contributed by atoms with Gasteiger partial charge in [-0.25, -0.2) is 0 Å². The Labute approximate surface area is 137 Å². The zero-order valence-corrected chi connectivity index (χ0v) is 13.7. The van der Waals surface area contributed by atoms with Crippen LogP contribution in [0.2, 0.25) is 0 Å². The molecule has 0 aliphatic heterocycles. The molecule has 3 nitrogen and oxygen atoms in total. The van der Waals surface area contributed by atoms with Crippen molar-refractivity contribution in [2.75, 3.05) is 19.0 Å². The molecule has 0 unspecified atom stereocenters. The van der Waals surface area contributed by atoms with E-state index in [1.807, 2.05) is 67.6 Å². The third-order valence-electron chi connectivity index (χ3n) is 3.53. The highest BCUT2D eigenvalue weighted by molar-refractivity contribution is 6.17. The maximum atomic E-state index is 6.06. The molecule has 0 bridgehead atoms. The van der Waals surface area contributed by atoms with E-state index in [9.17, 15) is 0 Å². The summed E-state index contributed by atoms with van der Waals surface area (Å²) in [7, 11) is 0. The Morgan fingerprint density at radius 3 is 1.64 bits per heavy atom. The van der Waals surface area contributed by atoms with Crippen molar-refractivity contribution < 1.29 is 14.5 Å². The molecular weight excluding hydrogens is 298 g/mol. The molecule has 0 aromatic heterocycles. The molecule has 0 heterocycles. The van der Waals surface area contributed by atoms with E-state index in [4.69, 9.17) is 21.3 Å². The maximum Gasteiger partial charge on any atom is 0.156 e. The normalized spacial score (nSPS) is 11.5. The van der Waals surface area contributed by atoms with Crippen LogP contribution in [0.3, 0.4) is 0 Å². The van der Waals surface area contributed by atoms with Gasteiger partial charge in [0.2, 0.25) is 0 Å². The molecule has 0 N–H and O–H groups in total. The summed E-state index contributed by atoms with van der Waals surface area (Å²) >= 11 is 5.95. The fourth-order valence-electron chi connectivity index (χ4n) is 2.17. The average molecular weight is 321 g/mol. The molecule has 22 heavy (non-hydrogen) atoms. The second kappa shape index (κ2) is 8.91. The van der Waals surface area contributed by atoms with Gasteiger partial charge in [0.05, 0.1) is 5.88 Å². The van der Waals surface area contributed by atoms with Crippen LogP contribution in [0.25, 0.3) is 0 Å². The van der Waals surface area contributed by atoms with Crippen LogP contribution in [-0.4, -0.2) is 23.8 Å². The lowest BCUT2D eigenvalue weighted by atomic mass is 10.2. The molecule has 0 aliphatic carbocycles. The Bertz CT molecular complexity index is 490. The van der Waals surface area contributed by atoms with Gasteiger partial charge in [-0.05, 0) is 22.9 Å². The Balaban J connectivity index is 1.99. The second-order valence-electron chi connectivity index (χ2n) is 5.06. The first-order valence-electron chi connectivity index (χ1n) is 7.58. The van der Waals surface area contributed by atoms with E-state index in [2.05, 4.69) is 0 Å². The first-order valence-corrected chi connectivity index (χ1v) is 8.11. The number of hydrogen-bond acceptors (Lipinski definition) is 2. The molecule has 0 saturated carbocycles. The smallest absolute Gasteiger partial charge is 0.156 e. The third kappa shape index (κ3) is 5.11. The minimum absolute atomic E-state index is 0.104. The van der Waals surface area contributed by atoms with Gasteiger partial charge < -0.3 is 0 Å². The number of quaternary nitrogens is 1. The van der Waals surface area contributed by atoms with E-state index >= 15 is 0 Å². The number of hydrogen-bond donors (Lipinski definition) is 0. The number of halogens is 1. The van der Waals surface area contributed by atoms with Crippen molar-refractivity contribution in [3.8, 4) is 0 Å². The van der Waals surface area contributed by atoms with E-state index in [0.717, 1.165) is 11.1 Å². The summed E-state index contributed by atoms with van der Waals surface area (Å²) in [5.41, 5.74) is 2.24. The minimum atomic E-state index is 0.104. The van der Waals surface area contributed by atoms with E-state index in [1.54, 1.807) is 0 Å². The van der Waals surface area contributed by atoms with Crippen molar-refractivity contribution in [1.82, 2.24) is 0 Å². The van der Waals surface area contributed by atoms with E-state index in [-0.39, 0.29) is 4.81 Å². The Hall–Kier alpha value is -1.39. The van der Waals surface area contributed by atoms with Crippen LogP contribution in [-0.2, 0) is 22.9 Å². The predicted molar refractivity (Wildman–Crippen MR) is 88.9 cm³/mol. The van der Waals surface area contributed by atoms with Gasteiger partial charge in [0.1, 0.15) is 19.8 Å². The Morgan fingerprint density at radius 1 is 0.818 bits per heavy atom. The quantitative estimate of drug-likeness (QED) is 0.389. The van der Waals surface area contributed by atoms with Gasteiger partial charge in [-0.1, -0.05) is 60.7 Å². The second-order valence-corrected chi connectivity index (χ2v) is 5.44. The number of hydroxylamine groups is 4. The van der Waals surface area contributed by atoms with Crippen LogP contribution in [0.5, 0.6) is 0 Å². The Morgan fingerprint density at radius 2 is 1.27 bits per heavy atom. The van der Waals surface area contributed by atoms with Crippen molar-refractivity contribution in [2.45, 2.75) is 20.1 Å². The zero-order valence-electron chi connectivity index (χ0n) is 13.0.